The minimum atomic E-state index is -0.294. The first kappa shape index (κ1) is 16.9. The van der Waals surface area contributed by atoms with Crippen molar-refractivity contribution < 1.29 is 9.31 Å². The molecule has 0 spiro atoms. The molecule has 0 amide bonds. The highest BCUT2D eigenvalue weighted by molar-refractivity contribution is 6.45. The zero-order valence-corrected chi connectivity index (χ0v) is 15.6. The minimum absolute atomic E-state index is 0.116. The summed E-state index contributed by atoms with van der Waals surface area (Å²) in [6.45, 7) is 8.54. The molecule has 1 aromatic heterocycles. The second-order valence-electron chi connectivity index (χ2n) is 8.39. The van der Waals surface area contributed by atoms with E-state index in [1.807, 2.05) is 0 Å². The van der Waals surface area contributed by atoms with Gasteiger partial charge in [-0.25, -0.2) is 23.5 Å². The number of hydrogen-bond acceptors (Lipinski definition) is 4. The van der Waals surface area contributed by atoms with E-state index in [-0.39, 0.29) is 48.2 Å². The zero-order chi connectivity index (χ0) is 18.1. The maximum Gasteiger partial charge on any atom is 0.457 e. The topological polar surface area (TPSA) is 67.4 Å². The summed E-state index contributed by atoms with van der Waals surface area (Å²) in [5.41, 5.74) is 0.457. The summed E-state index contributed by atoms with van der Waals surface area (Å²) in [5.74, 6) is 0. The lowest BCUT2D eigenvalue weighted by molar-refractivity contribution is 0.0132. The van der Waals surface area contributed by atoms with Crippen LogP contribution in [0.2, 0.25) is 6.32 Å². The van der Waals surface area contributed by atoms with E-state index in [4.69, 9.17) is 9.31 Å². The molecule has 0 saturated carbocycles. The predicted molar refractivity (Wildman–Crippen MR) is 94.8 cm³/mol. The Hall–Kier alpha value is -1.54. The fraction of sp³-hybridized carbons (Fsp3) is 0.765. The van der Waals surface area contributed by atoms with Gasteiger partial charge in [-0.3, -0.25) is 0 Å². The molecule has 0 N–H and O–H groups in total. The van der Waals surface area contributed by atoms with Gasteiger partial charge in [0.25, 0.3) is 0 Å². The summed E-state index contributed by atoms with van der Waals surface area (Å²) in [5, 5.41) is 0. The largest absolute Gasteiger partial charge is 0.457 e. The normalized spacial score (nSPS) is 30.4. The third kappa shape index (κ3) is 2.26. The standard InChI is InChI=1S/C17H26BN3O4/c1-6-7-8-18-24-13-11-9-10(17(2,3)4)12(14(13)25-18)21-16(23)19(5)15(22)20(11)21/h9,11-14H,6-8H2,1-5H3. The van der Waals surface area contributed by atoms with E-state index in [9.17, 15) is 9.59 Å². The molecule has 7 nitrogen and oxygen atoms in total. The molecule has 1 fully saturated rings. The van der Waals surface area contributed by atoms with E-state index >= 15 is 0 Å². The molecule has 5 rings (SSSR count). The summed E-state index contributed by atoms with van der Waals surface area (Å²) in [6.07, 6.45) is 4.65. The molecule has 0 radical (unpaired) electrons. The van der Waals surface area contributed by atoms with Gasteiger partial charge in [0.15, 0.2) is 0 Å². The van der Waals surface area contributed by atoms with Crippen LogP contribution in [0, 0.1) is 5.41 Å². The molecular weight excluding hydrogens is 321 g/mol. The molecule has 4 heterocycles. The number of aromatic nitrogens is 3. The molecular formula is C17H26BN3O4. The zero-order valence-electron chi connectivity index (χ0n) is 15.6. The molecule has 4 aliphatic rings. The second-order valence-corrected chi connectivity index (χ2v) is 8.39. The SMILES string of the molecule is CCCCB1OC2C(O1)C1C(C(C)(C)C)=CC2n2c(=O)n(C)c(=O)n21. The Labute approximate surface area is 147 Å². The molecule has 1 aromatic rings. The highest BCUT2D eigenvalue weighted by Gasteiger charge is 2.57. The van der Waals surface area contributed by atoms with Crippen molar-refractivity contribution in [1.29, 1.82) is 0 Å². The molecule has 8 heteroatoms. The Kier molecular flexibility index (Phi) is 3.71. The van der Waals surface area contributed by atoms with Gasteiger partial charge in [0.2, 0.25) is 0 Å². The van der Waals surface area contributed by atoms with Crippen LogP contribution in [0.3, 0.4) is 0 Å². The maximum absolute atomic E-state index is 12.7. The van der Waals surface area contributed by atoms with E-state index in [0.29, 0.717) is 0 Å². The van der Waals surface area contributed by atoms with Crippen molar-refractivity contribution in [3.8, 4) is 0 Å². The number of unbranched alkanes of at least 4 members (excludes halogenated alkanes) is 1. The summed E-state index contributed by atoms with van der Waals surface area (Å²) in [4.78, 5) is 25.3. The van der Waals surface area contributed by atoms with Crippen molar-refractivity contribution in [2.45, 2.75) is 71.1 Å². The van der Waals surface area contributed by atoms with Crippen LogP contribution in [0.25, 0.3) is 0 Å². The molecule has 1 saturated heterocycles. The Morgan fingerprint density at radius 1 is 1.12 bits per heavy atom. The van der Waals surface area contributed by atoms with E-state index in [2.05, 4.69) is 33.8 Å². The fourth-order valence-electron chi connectivity index (χ4n) is 4.40. The van der Waals surface area contributed by atoms with Crippen LogP contribution in [0.15, 0.2) is 21.2 Å². The van der Waals surface area contributed by atoms with Crippen molar-refractivity contribution in [2.75, 3.05) is 0 Å². The minimum Gasteiger partial charge on any atom is -0.403 e. The quantitative estimate of drug-likeness (QED) is 0.614. The summed E-state index contributed by atoms with van der Waals surface area (Å²) in [6, 6.07) is -0.583. The van der Waals surface area contributed by atoms with Crippen LogP contribution >= 0.6 is 0 Å². The van der Waals surface area contributed by atoms with Gasteiger partial charge < -0.3 is 9.31 Å². The van der Waals surface area contributed by atoms with Crippen LogP contribution in [0.1, 0.15) is 52.6 Å². The lowest BCUT2D eigenvalue weighted by atomic mass is 9.73. The molecule has 4 atom stereocenters. The van der Waals surface area contributed by atoms with Crippen molar-refractivity contribution in [2.24, 2.45) is 12.5 Å². The summed E-state index contributed by atoms with van der Waals surface area (Å²) < 4.78 is 16.8. The van der Waals surface area contributed by atoms with Gasteiger partial charge in [-0.1, -0.05) is 46.6 Å². The number of rotatable bonds is 3. The van der Waals surface area contributed by atoms with Crippen LogP contribution in [0.5, 0.6) is 0 Å². The molecule has 1 aliphatic carbocycles. The molecule has 25 heavy (non-hydrogen) atoms. The molecule has 2 bridgehead atoms. The van der Waals surface area contributed by atoms with Crippen molar-refractivity contribution in [3.63, 3.8) is 0 Å². The molecule has 136 valence electrons. The number of hydrogen-bond donors (Lipinski definition) is 0. The van der Waals surface area contributed by atoms with Gasteiger partial charge in [0.1, 0.15) is 12.1 Å². The Balaban J connectivity index is 1.83. The van der Waals surface area contributed by atoms with E-state index < -0.39 is 0 Å². The lowest BCUT2D eigenvalue weighted by Crippen LogP contribution is -2.56. The summed E-state index contributed by atoms with van der Waals surface area (Å²) >= 11 is 0. The van der Waals surface area contributed by atoms with Gasteiger partial charge in [0.05, 0.1) is 12.2 Å². The fourth-order valence-corrected chi connectivity index (χ4v) is 4.40. The first-order valence-electron chi connectivity index (χ1n) is 9.19. The van der Waals surface area contributed by atoms with Crippen molar-refractivity contribution in [3.05, 3.63) is 32.6 Å². The monoisotopic (exact) mass is 347 g/mol. The highest BCUT2D eigenvalue weighted by atomic mass is 16.7. The third-order valence-corrected chi connectivity index (χ3v) is 5.66. The predicted octanol–water partition coefficient (Wildman–Crippen LogP) is 1.50. The van der Waals surface area contributed by atoms with Crippen molar-refractivity contribution >= 4 is 7.12 Å². The van der Waals surface area contributed by atoms with Crippen LogP contribution in [-0.2, 0) is 16.4 Å². The first-order chi connectivity index (χ1) is 11.8. The van der Waals surface area contributed by atoms with Crippen LogP contribution in [-0.4, -0.2) is 33.3 Å². The third-order valence-electron chi connectivity index (χ3n) is 5.66. The van der Waals surface area contributed by atoms with E-state index in [1.165, 1.54) is 11.6 Å². The molecule has 4 unspecified atom stereocenters. The lowest BCUT2D eigenvalue weighted by Gasteiger charge is -2.47. The Bertz CT molecular complexity index is 844. The first-order valence-corrected chi connectivity index (χ1v) is 9.19. The van der Waals surface area contributed by atoms with Crippen LogP contribution < -0.4 is 11.4 Å². The number of nitrogens with zero attached hydrogens (tertiary/aromatic N) is 3. The molecule has 0 aromatic carbocycles. The van der Waals surface area contributed by atoms with Gasteiger partial charge in [0, 0.05) is 7.05 Å². The van der Waals surface area contributed by atoms with Gasteiger partial charge in [-0.2, -0.15) is 0 Å². The van der Waals surface area contributed by atoms with Gasteiger partial charge in [-0.05, 0) is 17.3 Å². The Morgan fingerprint density at radius 3 is 2.40 bits per heavy atom. The van der Waals surface area contributed by atoms with E-state index in [0.717, 1.165) is 24.7 Å². The average molecular weight is 347 g/mol. The average Bonchev–Trinajstić information content (AvgIpc) is 3.09. The van der Waals surface area contributed by atoms with Crippen LogP contribution in [0.4, 0.5) is 0 Å². The molecule has 3 aliphatic heterocycles. The smallest absolute Gasteiger partial charge is 0.403 e. The Morgan fingerprint density at radius 2 is 1.76 bits per heavy atom. The van der Waals surface area contributed by atoms with Crippen molar-refractivity contribution in [1.82, 2.24) is 13.9 Å². The second kappa shape index (κ2) is 5.48. The highest BCUT2D eigenvalue weighted by Crippen LogP contribution is 2.50. The van der Waals surface area contributed by atoms with Gasteiger partial charge >= 0.3 is 18.5 Å². The maximum atomic E-state index is 12.7. The van der Waals surface area contributed by atoms with E-state index in [1.54, 1.807) is 9.36 Å². The summed E-state index contributed by atoms with van der Waals surface area (Å²) in [7, 11) is 1.28. The van der Waals surface area contributed by atoms with Gasteiger partial charge in [-0.15, -0.1) is 0 Å².